The lowest BCUT2D eigenvalue weighted by atomic mass is 9.81. The molecule has 0 heterocycles. The average Bonchev–Trinajstić information content (AvgIpc) is 2.46. The van der Waals surface area contributed by atoms with Gasteiger partial charge >= 0.3 is 0 Å². The normalized spacial score (nSPS) is 23.3. The fourth-order valence-electron chi connectivity index (χ4n) is 3.02. The lowest BCUT2D eigenvalue weighted by Gasteiger charge is -2.30. The van der Waals surface area contributed by atoms with Gasteiger partial charge in [0, 0.05) is 6.04 Å². The van der Waals surface area contributed by atoms with Gasteiger partial charge in [-0.25, -0.2) is 0 Å². The first kappa shape index (κ1) is 14.4. The van der Waals surface area contributed by atoms with E-state index in [1.165, 1.54) is 31.2 Å². The SMILES string of the molecule is CCCOc1ccc(C2CCCC(NCC)C2)cc1. The van der Waals surface area contributed by atoms with Gasteiger partial charge in [-0.05, 0) is 55.8 Å². The van der Waals surface area contributed by atoms with Crippen LogP contribution >= 0.6 is 0 Å². The maximum atomic E-state index is 5.64. The molecule has 1 aliphatic rings. The molecule has 106 valence electrons. The van der Waals surface area contributed by atoms with Crippen molar-refractivity contribution in [3.05, 3.63) is 29.8 Å². The third-order valence-corrected chi connectivity index (χ3v) is 3.99. The molecule has 1 aromatic rings. The number of hydrogen-bond donors (Lipinski definition) is 1. The Balaban J connectivity index is 1.93. The second-order valence-electron chi connectivity index (χ2n) is 5.54. The van der Waals surface area contributed by atoms with E-state index in [1.54, 1.807) is 0 Å². The van der Waals surface area contributed by atoms with Crippen molar-refractivity contribution in [3.63, 3.8) is 0 Å². The maximum absolute atomic E-state index is 5.64. The predicted octanol–water partition coefficient (Wildman–Crippen LogP) is 4.11. The zero-order valence-corrected chi connectivity index (χ0v) is 12.3. The molecule has 0 aliphatic heterocycles. The van der Waals surface area contributed by atoms with Crippen molar-refractivity contribution >= 4 is 0 Å². The first-order chi connectivity index (χ1) is 9.33. The van der Waals surface area contributed by atoms with Gasteiger partial charge < -0.3 is 10.1 Å². The second kappa shape index (κ2) is 7.54. The molecule has 0 aromatic heterocycles. The Labute approximate surface area is 117 Å². The Morgan fingerprint density at radius 2 is 1.95 bits per heavy atom. The maximum Gasteiger partial charge on any atom is 0.119 e. The Morgan fingerprint density at radius 1 is 1.16 bits per heavy atom. The van der Waals surface area contributed by atoms with Crippen LogP contribution in [0.1, 0.15) is 57.4 Å². The van der Waals surface area contributed by atoms with E-state index >= 15 is 0 Å². The molecule has 0 saturated heterocycles. The fraction of sp³-hybridized carbons (Fsp3) is 0.647. The van der Waals surface area contributed by atoms with Gasteiger partial charge in [0.05, 0.1) is 6.61 Å². The van der Waals surface area contributed by atoms with Crippen molar-refractivity contribution in [3.8, 4) is 5.75 Å². The Bertz CT molecular complexity index is 358. The second-order valence-corrected chi connectivity index (χ2v) is 5.54. The minimum atomic E-state index is 0.708. The molecule has 19 heavy (non-hydrogen) atoms. The molecule has 2 heteroatoms. The molecule has 0 bridgehead atoms. The molecule has 0 spiro atoms. The van der Waals surface area contributed by atoms with Crippen molar-refractivity contribution in [1.29, 1.82) is 0 Å². The quantitative estimate of drug-likeness (QED) is 0.832. The molecule has 2 unspecified atom stereocenters. The standard InChI is InChI=1S/C17H27NO/c1-3-12-19-17-10-8-14(9-11-17)15-6-5-7-16(13-15)18-4-2/h8-11,15-16,18H,3-7,12-13H2,1-2H3. The van der Waals surface area contributed by atoms with E-state index < -0.39 is 0 Å². The van der Waals surface area contributed by atoms with E-state index in [9.17, 15) is 0 Å². The summed E-state index contributed by atoms with van der Waals surface area (Å²) in [5.74, 6) is 1.72. The van der Waals surface area contributed by atoms with Crippen molar-refractivity contribution < 1.29 is 4.74 Å². The molecular formula is C17H27NO. The van der Waals surface area contributed by atoms with Gasteiger partial charge in [0.15, 0.2) is 0 Å². The van der Waals surface area contributed by atoms with Gasteiger partial charge in [-0.15, -0.1) is 0 Å². The summed E-state index contributed by atoms with van der Waals surface area (Å²) in [6, 6.07) is 9.47. The number of ether oxygens (including phenoxy) is 1. The Kier molecular flexibility index (Phi) is 5.71. The predicted molar refractivity (Wildman–Crippen MR) is 80.9 cm³/mol. The smallest absolute Gasteiger partial charge is 0.119 e. The summed E-state index contributed by atoms with van der Waals surface area (Å²) in [4.78, 5) is 0. The van der Waals surface area contributed by atoms with Crippen LogP contribution in [0.15, 0.2) is 24.3 Å². The Morgan fingerprint density at radius 3 is 2.63 bits per heavy atom. The highest BCUT2D eigenvalue weighted by Gasteiger charge is 2.22. The van der Waals surface area contributed by atoms with Crippen LogP contribution in [-0.2, 0) is 0 Å². The summed E-state index contributed by atoms with van der Waals surface area (Å²) in [5, 5.41) is 3.60. The molecule has 2 atom stereocenters. The van der Waals surface area contributed by atoms with E-state index in [0.717, 1.165) is 31.2 Å². The number of nitrogens with one attached hydrogen (secondary N) is 1. The Hall–Kier alpha value is -1.02. The number of rotatable bonds is 6. The van der Waals surface area contributed by atoms with E-state index in [4.69, 9.17) is 4.74 Å². The molecular weight excluding hydrogens is 234 g/mol. The number of benzene rings is 1. The van der Waals surface area contributed by atoms with E-state index in [2.05, 4.69) is 43.4 Å². The molecule has 0 radical (unpaired) electrons. The summed E-state index contributed by atoms with van der Waals surface area (Å²) in [6.07, 6.45) is 6.35. The highest BCUT2D eigenvalue weighted by molar-refractivity contribution is 5.29. The van der Waals surface area contributed by atoms with Gasteiger partial charge in [-0.2, -0.15) is 0 Å². The molecule has 1 saturated carbocycles. The van der Waals surface area contributed by atoms with Crippen LogP contribution in [0.3, 0.4) is 0 Å². The largest absolute Gasteiger partial charge is 0.494 e. The molecule has 1 fully saturated rings. The van der Waals surface area contributed by atoms with Crippen LogP contribution < -0.4 is 10.1 Å². The summed E-state index contributed by atoms with van der Waals surface area (Å²) in [5.41, 5.74) is 1.48. The van der Waals surface area contributed by atoms with E-state index in [1.807, 2.05) is 0 Å². The van der Waals surface area contributed by atoms with Gasteiger partial charge in [-0.1, -0.05) is 32.4 Å². The minimum absolute atomic E-state index is 0.708. The third-order valence-electron chi connectivity index (χ3n) is 3.99. The molecule has 0 amide bonds. The first-order valence-corrected chi connectivity index (χ1v) is 7.79. The monoisotopic (exact) mass is 261 g/mol. The third kappa shape index (κ3) is 4.24. The van der Waals surface area contributed by atoms with E-state index in [-0.39, 0.29) is 0 Å². The average molecular weight is 261 g/mol. The topological polar surface area (TPSA) is 21.3 Å². The lowest BCUT2D eigenvalue weighted by Crippen LogP contribution is -2.33. The summed E-state index contributed by atoms with van der Waals surface area (Å²) < 4.78 is 5.64. The minimum Gasteiger partial charge on any atom is -0.494 e. The van der Waals surface area contributed by atoms with Gasteiger partial charge in [0.2, 0.25) is 0 Å². The first-order valence-electron chi connectivity index (χ1n) is 7.79. The van der Waals surface area contributed by atoms with Crippen molar-refractivity contribution in [2.24, 2.45) is 0 Å². The summed E-state index contributed by atoms with van der Waals surface area (Å²) in [7, 11) is 0. The van der Waals surface area contributed by atoms with Crippen molar-refractivity contribution in [2.75, 3.05) is 13.2 Å². The molecule has 1 aliphatic carbocycles. The highest BCUT2D eigenvalue weighted by Crippen LogP contribution is 2.33. The van der Waals surface area contributed by atoms with E-state index in [0.29, 0.717) is 6.04 Å². The van der Waals surface area contributed by atoms with Crippen LogP contribution in [-0.4, -0.2) is 19.2 Å². The summed E-state index contributed by atoms with van der Waals surface area (Å²) in [6.45, 7) is 6.23. The number of hydrogen-bond acceptors (Lipinski definition) is 2. The molecule has 2 rings (SSSR count). The van der Waals surface area contributed by atoms with Crippen molar-refractivity contribution in [1.82, 2.24) is 5.32 Å². The van der Waals surface area contributed by atoms with Crippen LogP contribution in [0.4, 0.5) is 0 Å². The van der Waals surface area contributed by atoms with Crippen molar-refractivity contribution in [2.45, 2.75) is 57.9 Å². The van der Waals surface area contributed by atoms with Crippen LogP contribution in [0.25, 0.3) is 0 Å². The molecule has 2 nitrogen and oxygen atoms in total. The molecule has 1 aromatic carbocycles. The summed E-state index contributed by atoms with van der Waals surface area (Å²) >= 11 is 0. The zero-order valence-electron chi connectivity index (χ0n) is 12.3. The van der Waals surface area contributed by atoms with Crippen LogP contribution in [0.2, 0.25) is 0 Å². The molecule has 1 N–H and O–H groups in total. The van der Waals surface area contributed by atoms with Gasteiger partial charge in [0.1, 0.15) is 5.75 Å². The highest BCUT2D eigenvalue weighted by atomic mass is 16.5. The lowest BCUT2D eigenvalue weighted by molar-refractivity contribution is 0.316. The van der Waals surface area contributed by atoms with Crippen LogP contribution in [0, 0.1) is 0 Å². The van der Waals surface area contributed by atoms with Crippen LogP contribution in [0.5, 0.6) is 5.75 Å². The zero-order chi connectivity index (χ0) is 13.5. The van der Waals surface area contributed by atoms with Gasteiger partial charge in [-0.3, -0.25) is 0 Å². The fourth-order valence-corrected chi connectivity index (χ4v) is 3.02. The van der Waals surface area contributed by atoms with Gasteiger partial charge in [0.25, 0.3) is 0 Å².